The number of nitrogens with one attached hydrogen (secondary N) is 2. The topological polar surface area (TPSA) is 33.3 Å². The molecule has 0 amide bonds. The van der Waals surface area contributed by atoms with E-state index in [1.165, 1.54) is 17.5 Å². The van der Waals surface area contributed by atoms with Gasteiger partial charge in [-0.2, -0.15) is 10.4 Å². The Morgan fingerprint density at radius 2 is 2.14 bits per heavy atom. The molecule has 0 aliphatic heterocycles. The van der Waals surface area contributed by atoms with Crippen LogP contribution in [-0.2, 0) is 11.4 Å². The molecular weight excluding hydrogens is 176 g/mol. The molecule has 78 valence electrons. The molecule has 3 nitrogen and oxygen atoms in total. The summed E-state index contributed by atoms with van der Waals surface area (Å²) in [6.07, 6.45) is 2.31. The molecule has 14 heavy (non-hydrogen) atoms. The highest BCUT2D eigenvalue weighted by atomic mass is 16.8. The molecule has 0 heterocycles. The second kappa shape index (κ2) is 5.62. The minimum Gasteiger partial charge on any atom is -0.248 e. The fourth-order valence-corrected chi connectivity index (χ4v) is 1.39. The number of anilines is 1. The molecule has 0 aliphatic rings. The minimum absolute atomic E-state index is 0.999. The van der Waals surface area contributed by atoms with Crippen molar-refractivity contribution >= 4 is 5.69 Å². The Morgan fingerprint density at radius 1 is 1.36 bits per heavy atom. The van der Waals surface area contributed by atoms with E-state index in [1.54, 1.807) is 7.05 Å². The molecule has 3 heteroatoms. The van der Waals surface area contributed by atoms with Crippen LogP contribution in [0.1, 0.15) is 24.5 Å². The first-order valence-corrected chi connectivity index (χ1v) is 4.96. The van der Waals surface area contributed by atoms with Gasteiger partial charge in [-0.1, -0.05) is 25.5 Å². The summed E-state index contributed by atoms with van der Waals surface area (Å²) >= 11 is 0. The quantitative estimate of drug-likeness (QED) is 0.706. The van der Waals surface area contributed by atoms with Crippen molar-refractivity contribution < 1.29 is 4.94 Å². The highest BCUT2D eigenvalue weighted by molar-refractivity contribution is 5.50. The van der Waals surface area contributed by atoms with Gasteiger partial charge in [0.05, 0.1) is 5.69 Å². The Balaban J connectivity index is 2.68. The van der Waals surface area contributed by atoms with Gasteiger partial charge in [0.15, 0.2) is 0 Å². The molecule has 0 spiro atoms. The summed E-state index contributed by atoms with van der Waals surface area (Å²) in [5, 5.41) is 0. The zero-order valence-corrected chi connectivity index (χ0v) is 9.05. The normalized spacial score (nSPS) is 10.2. The highest BCUT2D eigenvalue weighted by Crippen LogP contribution is 2.17. The SMILES string of the molecule is CCCc1ccc(NONC)c(C)c1. The van der Waals surface area contributed by atoms with Crippen LogP contribution in [0.2, 0.25) is 0 Å². The first-order chi connectivity index (χ1) is 6.77. The predicted molar refractivity (Wildman–Crippen MR) is 58.9 cm³/mol. The zero-order valence-electron chi connectivity index (χ0n) is 9.05. The predicted octanol–water partition coefficient (Wildman–Crippen LogP) is 2.43. The summed E-state index contributed by atoms with van der Waals surface area (Å²) in [6, 6.07) is 6.35. The monoisotopic (exact) mass is 194 g/mol. The average molecular weight is 194 g/mol. The van der Waals surface area contributed by atoms with Crippen molar-refractivity contribution in [3.05, 3.63) is 29.3 Å². The van der Waals surface area contributed by atoms with Crippen molar-refractivity contribution in [1.29, 1.82) is 0 Å². The van der Waals surface area contributed by atoms with Crippen molar-refractivity contribution in [1.82, 2.24) is 5.48 Å². The van der Waals surface area contributed by atoms with E-state index in [0.29, 0.717) is 0 Å². The lowest BCUT2D eigenvalue weighted by Gasteiger charge is -2.09. The van der Waals surface area contributed by atoms with Crippen LogP contribution in [0, 0.1) is 6.92 Å². The lowest BCUT2D eigenvalue weighted by atomic mass is 10.1. The van der Waals surface area contributed by atoms with E-state index >= 15 is 0 Å². The van der Waals surface area contributed by atoms with Crippen LogP contribution >= 0.6 is 0 Å². The van der Waals surface area contributed by atoms with Gasteiger partial charge >= 0.3 is 0 Å². The Morgan fingerprint density at radius 3 is 2.71 bits per heavy atom. The van der Waals surface area contributed by atoms with Crippen molar-refractivity contribution in [3.8, 4) is 0 Å². The Hall–Kier alpha value is -1.06. The van der Waals surface area contributed by atoms with Crippen molar-refractivity contribution in [2.75, 3.05) is 12.5 Å². The van der Waals surface area contributed by atoms with E-state index in [-0.39, 0.29) is 0 Å². The first-order valence-electron chi connectivity index (χ1n) is 4.96. The zero-order chi connectivity index (χ0) is 10.4. The van der Waals surface area contributed by atoms with E-state index in [9.17, 15) is 0 Å². The molecule has 1 aromatic rings. The number of hydrogen-bond donors (Lipinski definition) is 2. The van der Waals surface area contributed by atoms with Gasteiger partial charge in [-0.25, -0.2) is 5.48 Å². The van der Waals surface area contributed by atoms with Gasteiger partial charge in [-0.15, -0.1) is 0 Å². The third-order valence-electron chi connectivity index (χ3n) is 2.09. The molecule has 0 saturated carbocycles. The molecule has 2 N–H and O–H groups in total. The molecule has 0 fully saturated rings. The first kappa shape index (κ1) is 11.0. The Bertz CT molecular complexity index is 287. The van der Waals surface area contributed by atoms with Crippen LogP contribution in [0.3, 0.4) is 0 Å². The molecule has 0 bridgehead atoms. The van der Waals surface area contributed by atoms with Crippen molar-refractivity contribution in [3.63, 3.8) is 0 Å². The maximum absolute atomic E-state index is 4.90. The van der Waals surface area contributed by atoms with Gasteiger partial charge in [0.25, 0.3) is 0 Å². The number of aryl methyl sites for hydroxylation is 2. The molecule has 0 aliphatic carbocycles. The maximum Gasteiger partial charge on any atom is 0.0653 e. The summed E-state index contributed by atoms with van der Waals surface area (Å²) in [5.41, 5.74) is 8.97. The summed E-state index contributed by atoms with van der Waals surface area (Å²) in [4.78, 5) is 4.90. The van der Waals surface area contributed by atoms with Gasteiger partial charge in [0.1, 0.15) is 0 Å². The van der Waals surface area contributed by atoms with Crippen molar-refractivity contribution in [2.24, 2.45) is 0 Å². The van der Waals surface area contributed by atoms with Crippen LogP contribution in [0.4, 0.5) is 5.69 Å². The maximum atomic E-state index is 4.90. The van der Waals surface area contributed by atoms with E-state index in [4.69, 9.17) is 4.94 Å². The standard InChI is InChI=1S/C11H18N2O/c1-4-5-10-6-7-11(9(2)8-10)13-14-12-3/h6-8,12-13H,4-5H2,1-3H3. The molecule has 1 rings (SSSR count). The molecule has 0 radical (unpaired) electrons. The average Bonchev–Trinajstić information content (AvgIpc) is 2.17. The fourth-order valence-electron chi connectivity index (χ4n) is 1.39. The summed E-state index contributed by atoms with van der Waals surface area (Å²) in [6.45, 7) is 4.26. The van der Waals surface area contributed by atoms with Crippen molar-refractivity contribution in [2.45, 2.75) is 26.7 Å². The number of hydrogen-bond acceptors (Lipinski definition) is 3. The minimum atomic E-state index is 0.999. The third-order valence-corrected chi connectivity index (χ3v) is 2.09. The Labute approximate surface area is 85.4 Å². The van der Waals surface area contributed by atoms with Gasteiger partial charge in [0.2, 0.25) is 0 Å². The molecular formula is C11H18N2O. The number of rotatable bonds is 5. The molecule has 1 aromatic carbocycles. The molecule has 0 aromatic heterocycles. The van der Waals surface area contributed by atoms with E-state index < -0.39 is 0 Å². The highest BCUT2D eigenvalue weighted by Gasteiger charge is 1.98. The van der Waals surface area contributed by atoms with E-state index in [2.05, 4.69) is 36.9 Å². The smallest absolute Gasteiger partial charge is 0.0653 e. The van der Waals surface area contributed by atoms with Crippen LogP contribution in [0.5, 0.6) is 0 Å². The van der Waals surface area contributed by atoms with Crippen LogP contribution < -0.4 is 11.0 Å². The number of hydroxylamine groups is 1. The second-order valence-electron chi connectivity index (χ2n) is 3.31. The summed E-state index contributed by atoms with van der Waals surface area (Å²) in [5.74, 6) is 0. The second-order valence-corrected chi connectivity index (χ2v) is 3.31. The molecule has 0 atom stereocenters. The fraction of sp³-hybridized carbons (Fsp3) is 0.455. The summed E-state index contributed by atoms with van der Waals surface area (Å²) < 4.78 is 0. The lowest BCUT2D eigenvalue weighted by molar-refractivity contribution is 0.109. The van der Waals surface area contributed by atoms with E-state index in [0.717, 1.165) is 12.1 Å². The van der Waals surface area contributed by atoms with E-state index in [1.807, 2.05) is 6.07 Å². The lowest BCUT2D eigenvalue weighted by Crippen LogP contribution is -2.13. The van der Waals surface area contributed by atoms with Gasteiger partial charge in [-0.3, -0.25) is 0 Å². The molecule has 0 unspecified atom stereocenters. The van der Waals surface area contributed by atoms with Crippen LogP contribution in [0.25, 0.3) is 0 Å². The molecule has 0 saturated heterocycles. The van der Waals surface area contributed by atoms with Gasteiger partial charge in [-0.05, 0) is 30.5 Å². The Kier molecular flexibility index (Phi) is 4.43. The van der Waals surface area contributed by atoms with Crippen LogP contribution in [0.15, 0.2) is 18.2 Å². The summed E-state index contributed by atoms with van der Waals surface area (Å²) in [7, 11) is 1.72. The third kappa shape index (κ3) is 3.01. The van der Waals surface area contributed by atoms with Gasteiger partial charge < -0.3 is 0 Å². The largest absolute Gasteiger partial charge is 0.248 e. The van der Waals surface area contributed by atoms with Gasteiger partial charge in [0, 0.05) is 7.05 Å². The van der Waals surface area contributed by atoms with Crippen LogP contribution in [-0.4, -0.2) is 7.05 Å². The number of benzene rings is 1.